The maximum Gasteiger partial charge on any atom is 0.259 e. The second-order valence-corrected chi connectivity index (χ2v) is 9.63. The number of methoxy groups -OCH3 is 1. The van der Waals surface area contributed by atoms with Crippen molar-refractivity contribution in [3.05, 3.63) is 83.7 Å². The zero-order valence-electron chi connectivity index (χ0n) is 21.3. The zero-order valence-corrected chi connectivity index (χ0v) is 22.1. The summed E-state index contributed by atoms with van der Waals surface area (Å²) in [6.45, 7) is 3.29. The van der Waals surface area contributed by atoms with Crippen molar-refractivity contribution in [2.24, 2.45) is 0 Å². The quantitative estimate of drug-likeness (QED) is 0.281. The summed E-state index contributed by atoms with van der Waals surface area (Å²) in [5, 5.41) is 15.4. The predicted octanol–water partition coefficient (Wildman–Crippen LogP) is 5.82. The maximum absolute atomic E-state index is 13.4. The number of anilines is 2. The van der Waals surface area contributed by atoms with E-state index in [-0.39, 0.29) is 5.91 Å². The second-order valence-electron chi connectivity index (χ2n) is 8.65. The molecule has 9 nitrogen and oxygen atoms in total. The smallest absolute Gasteiger partial charge is 0.259 e. The molecule has 5 rings (SSSR count). The van der Waals surface area contributed by atoms with Crippen molar-refractivity contribution in [1.82, 2.24) is 15.0 Å². The van der Waals surface area contributed by atoms with Crippen molar-refractivity contribution in [2.45, 2.75) is 13.8 Å². The van der Waals surface area contributed by atoms with Gasteiger partial charge in [-0.3, -0.25) is 19.9 Å². The molecular weight excluding hydrogens is 512 g/mol. The molecule has 0 aliphatic rings. The molecule has 39 heavy (non-hydrogen) atoms. The molecule has 0 bridgehead atoms. The number of pyridine rings is 2. The first-order valence-corrected chi connectivity index (χ1v) is 12.7. The van der Waals surface area contributed by atoms with Crippen LogP contribution in [0.4, 0.5) is 10.8 Å². The van der Waals surface area contributed by atoms with Crippen molar-refractivity contribution in [2.75, 3.05) is 17.7 Å². The Balaban J connectivity index is 1.44. The SMILES string of the molecule is COc1ccc(C#N)cc1-c1cc(C)ncc1C(=O)Nc1nc2ccc(-c3ccc(NC(C)=O)cc3)nc2s1. The number of nitriles is 1. The van der Waals surface area contributed by atoms with E-state index in [1.165, 1.54) is 24.5 Å². The summed E-state index contributed by atoms with van der Waals surface area (Å²) in [6.07, 6.45) is 1.51. The van der Waals surface area contributed by atoms with Crippen LogP contribution in [0.5, 0.6) is 5.75 Å². The van der Waals surface area contributed by atoms with Gasteiger partial charge in [0.15, 0.2) is 5.13 Å². The van der Waals surface area contributed by atoms with Crippen LogP contribution in [-0.2, 0) is 4.79 Å². The molecule has 2 N–H and O–H groups in total. The standard InChI is InChI=1S/C29H22N6O3S/c1-16-12-21(22-13-18(14-30)4-11-26(22)38-3)23(15-31-16)27(37)35-29-34-25-10-9-24(33-28(25)39-29)19-5-7-20(8-6-19)32-17(2)36/h4-13,15H,1-3H3,(H,32,36)(H,34,35,37). The van der Waals surface area contributed by atoms with E-state index in [1.807, 2.05) is 43.3 Å². The Morgan fingerprint density at radius 2 is 1.77 bits per heavy atom. The van der Waals surface area contributed by atoms with Gasteiger partial charge in [0.05, 0.1) is 30.0 Å². The van der Waals surface area contributed by atoms with Gasteiger partial charge in [0.1, 0.15) is 16.1 Å². The van der Waals surface area contributed by atoms with Crippen LogP contribution < -0.4 is 15.4 Å². The Hall–Kier alpha value is -5.14. The van der Waals surface area contributed by atoms with E-state index in [4.69, 9.17) is 9.72 Å². The van der Waals surface area contributed by atoms with Crippen molar-refractivity contribution in [3.8, 4) is 34.2 Å². The average molecular weight is 535 g/mol. The summed E-state index contributed by atoms with van der Waals surface area (Å²) in [6, 6.07) is 20.1. The molecule has 192 valence electrons. The van der Waals surface area contributed by atoms with Gasteiger partial charge in [-0.05, 0) is 55.5 Å². The zero-order chi connectivity index (χ0) is 27.5. The summed E-state index contributed by atoms with van der Waals surface area (Å²) in [5.74, 6) is 0.00937. The van der Waals surface area contributed by atoms with Crippen LogP contribution in [0.2, 0.25) is 0 Å². The van der Waals surface area contributed by atoms with Crippen LogP contribution in [0.25, 0.3) is 32.7 Å². The molecule has 3 aromatic heterocycles. The molecule has 0 fully saturated rings. The summed E-state index contributed by atoms with van der Waals surface area (Å²) in [7, 11) is 1.54. The van der Waals surface area contributed by atoms with Crippen LogP contribution >= 0.6 is 11.3 Å². The number of ether oxygens (including phenoxy) is 1. The lowest BCUT2D eigenvalue weighted by Crippen LogP contribution is -2.14. The predicted molar refractivity (Wildman–Crippen MR) is 151 cm³/mol. The highest BCUT2D eigenvalue weighted by Crippen LogP contribution is 2.34. The molecular formula is C29H22N6O3S. The van der Waals surface area contributed by atoms with Crippen LogP contribution in [-0.4, -0.2) is 33.9 Å². The fourth-order valence-electron chi connectivity index (χ4n) is 4.07. The minimum Gasteiger partial charge on any atom is -0.496 e. The highest BCUT2D eigenvalue weighted by molar-refractivity contribution is 7.22. The molecule has 0 atom stereocenters. The van der Waals surface area contributed by atoms with Gasteiger partial charge in [0, 0.05) is 41.2 Å². The molecule has 0 radical (unpaired) electrons. The second kappa shape index (κ2) is 10.7. The molecule has 2 amide bonds. The van der Waals surface area contributed by atoms with E-state index in [0.717, 1.165) is 11.3 Å². The van der Waals surface area contributed by atoms with Gasteiger partial charge in [0.25, 0.3) is 5.91 Å². The van der Waals surface area contributed by atoms with Crippen LogP contribution in [0.15, 0.2) is 66.9 Å². The first-order chi connectivity index (χ1) is 18.8. The topological polar surface area (TPSA) is 130 Å². The number of benzene rings is 2. The monoisotopic (exact) mass is 534 g/mol. The van der Waals surface area contributed by atoms with Crippen molar-refractivity contribution in [1.29, 1.82) is 5.26 Å². The maximum atomic E-state index is 13.4. The van der Waals surface area contributed by atoms with Gasteiger partial charge < -0.3 is 10.1 Å². The number of rotatable bonds is 6. The van der Waals surface area contributed by atoms with Gasteiger partial charge >= 0.3 is 0 Å². The number of nitrogens with zero attached hydrogens (tertiary/aromatic N) is 4. The first-order valence-electron chi connectivity index (χ1n) is 11.9. The highest BCUT2D eigenvalue weighted by Gasteiger charge is 2.19. The molecule has 10 heteroatoms. The number of amides is 2. The summed E-state index contributed by atoms with van der Waals surface area (Å²) >= 11 is 1.26. The van der Waals surface area contributed by atoms with Crippen molar-refractivity contribution >= 4 is 44.3 Å². The van der Waals surface area contributed by atoms with Gasteiger partial charge in [-0.25, -0.2) is 9.97 Å². The Morgan fingerprint density at radius 3 is 2.49 bits per heavy atom. The lowest BCUT2D eigenvalue weighted by atomic mass is 9.97. The van der Waals surface area contributed by atoms with Gasteiger partial charge in [-0.2, -0.15) is 5.26 Å². The van der Waals surface area contributed by atoms with E-state index < -0.39 is 5.91 Å². The van der Waals surface area contributed by atoms with Crippen LogP contribution in [0.3, 0.4) is 0 Å². The lowest BCUT2D eigenvalue weighted by molar-refractivity contribution is -0.114. The van der Waals surface area contributed by atoms with Gasteiger partial charge in [0.2, 0.25) is 5.91 Å². The lowest BCUT2D eigenvalue weighted by Gasteiger charge is -2.13. The van der Waals surface area contributed by atoms with Crippen LogP contribution in [0, 0.1) is 18.3 Å². The summed E-state index contributed by atoms with van der Waals surface area (Å²) in [5.41, 5.74) is 5.68. The molecule has 3 heterocycles. The Labute approximate surface area is 228 Å². The number of nitrogens with one attached hydrogen (secondary N) is 2. The van der Waals surface area contributed by atoms with Gasteiger partial charge in [-0.1, -0.05) is 23.5 Å². The number of hydrogen-bond acceptors (Lipinski definition) is 8. The summed E-state index contributed by atoms with van der Waals surface area (Å²) in [4.78, 5) is 38.9. The van der Waals surface area contributed by atoms with Crippen LogP contribution in [0.1, 0.15) is 28.5 Å². The Kier molecular flexibility index (Phi) is 6.99. The van der Waals surface area contributed by atoms with E-state index >= 15 is 0 Å². The number of aryl methyl sites for hydroxylation is 1. The van der Waals surface area contributed by atoms with E-state index in [2.05, 4.69) is 26.7 Å². The van der Waals surface area contributed by atoms with Crippen molar-refractivity contribution in [3.63, 3.8) is 0 Å². The number of carbonyl (C=O) groups excluding carboxylic acids is 2. The molecule has 5 aromatic rings. The molecule has 0 aliphatic heterocycles. The van der Waals surface area contributed by atoms with Crippen molar-refractivity contribution < 1.29 is 14.3 Å². The van der Waals surface area contributed by atoms with E-state index in [1.54, 1.807) is 31.4 Å². The number of thiazole rings is 1. The van der Waals surface area contributed by atoms with E-state index in [9.17, 15) is 14.9 Å². The number of carbonyl (C=O) groups is 2. The third-order valence-electron chi connectivity index (χ3n) is 5.88. The largest absolute Gasteiger partial charge is 0.496 e. The number of aromatic nitrogens is 3. The Morgan fingerprint density at radius 1 is 0.974 bits per heavy atom. The minimum atomic E-state index is -0.394. The molecule has 0 aliphatic carbocycles. The Bertz CT molecular complexity index is 1770. The average Bonchev–Trinajstić information content (AvgIpc) is 3.34. The minimum absolute atomic E-state index is 0.134. The molecule has 0 unspecified atom stereocenters. The molecule has 0 spiro atoms. The normalized spacial score (nSPS) is 10.6. The third-order valence-corrected chi connectivity index (χ3v) is 6.76. The molecule has 2 aromatic carbocycles. The highest BCUT2D eigenvalue weighted by atomic mass is 32.1. The number of fused-ring (bicyclic) bond motifs is 1. The number of hydrogen-bond donors (Lipinski definition) is 2. The fourth-order valence-corrected chi connectivity index (χ4v) is 4.91. The molecule has 0 saturated heterocycles. The summed E-state index contributed by atoms with van der Waals surface area (Å²) < 4.78 is 5.50. The third kappa shape index (κ3) is 5.44. The first kappa shape index (κ1) is 25.5. The van der Waals surface area contributed by atoms with Gasteiger partial charge in [-0.15, -0.1) is 0 Å². The molecule has 0 saturated carbocycles. The van der Waals surface area contributed by atoms with E-state index in [0.29, 0.717) is 54.9 Å². The fraction of sp³-hybridized carbons (Fsp3) is 0.103.